The molecule has 0 aliphatic carbocycles. The molecule has 1 aromatic carbocycles. The molecule has 0 aromatic heterocycles. The molecular weight excluding hydrogens is 316 g/mol. The Morgan fingerprint density at radius 1 is 1.44 bits per heavy atom. The van der Waals surface area contributed by atoms with Crippen LogP contribution in [0, 0.1) is 0 Å². The molecule has 0 N–H and O–H groups in total. The molecule has 0 radical (unpaired) electrons. The average molecular weight is 329 g/mol. The number of rotatable bonds is 4. The van der Waals surface area contributed by atoms with E-state index in [1.165, 1.54) is 11.8 Å². The predicted octanol–water partition coefficient (Wildman–Crippen LogP) is 2.66. The van der Waals surface area contributed by atoms with Crippen LogP contribution in [-0.2, 0) is 9.53 Å². The highest BCUT2D eigenvalue weighted by atomic mass is 79.9. The van der Waals surface area contributed by atoms with Gasteiger partial charge in [-0.25, -0.2) is 4.99 Å². The van der Waals surface area contributed by atoms with Gasteiger partial charge < -0.3 is 4.74 Å². The molecule has 6 heteroatoms. The van der Waals surface area contributed by atoms with Gasteiger partial charge in [0.15, 0.2) is 5.17 Å². The van der Waals surface area contributed by atoms with Gasteiger partial charge >= 0.3 is 0 Å². The normalized spacial score (nSPS) is 17.8. The lowest BCUT2D eigenvalue weighted by Gasteiger charge is -2.15. The standard InChI is InChI=1S/C12H13BrN2O2S/c1-17-7-6-15-11(16)8-18-12(15)14-10-4-2-9(13)3-5-10/h2-5H,6-8H2,1H3. The van der Waals surface area contributed by atoms with E-state index in [2.05, 4.69) is 20.9 Å². The highest BCUT2D eigenvalue weighted by molar-refractivity contribution is 9.10. The van der Waals surface area contributed by atoms with Crippen molar-refractivity contribution in [2.75, 3.05) is 26.0 Å². The fourth-order valence-corrected chi connectivity index (χ4v) is 2.70. The van der Waals surface area contributed by atoms with E-state index in [0.717, 1.165) is 15.3 Å². The first-order chi connectivity index (χ1) is 8.70. The van der Waals surface area contributed by atoms with Crippen LogP contribution in [0.4, 0.5) is 5.69 Å². The second-order valence-electron chi connectivity index (χ2n) is 3.70. The fourth-order valence-electron chi connectivity index (χ4n) is 1.51. The number of hydrogen-bond donors (Lipinski definition) is 0. The zero-order chi connectivity index (χ0) is 13.0. The molecule has 1 amide bonds. The molecule has 0 bridgehead atoms. The molecule has 0 atom stereocenters. The maximum Gasteiger partial charge on any atom is 0.239 e. The van der Waals surface area contributed by atoms with Crippen molar-refractivity contribution in [1.29, 1.82) is 0 Å². The minimum Gasteiger partial charge on any atom is -0.383 e. The second-order valence-corrected chi connectivity index (χ2v) is 5.56. The summed E-state index contributed by atoms with van der Waals surface area (Å²) in [6.45, 7) is 1.07. The van der Waals surface area contributed by atoms with Gasteiger partial charge in [0.05, 0.1) is 24.6 Å². The molecular formula is C12H13BrN2O2S. The summed E-state index contributed by atoms with van der Waals surface area (Å²) in [4.78, 5) is 17.9. The Morgan fingerprint density at radius 3 is 2.83 bits per heavy atom. The molecule has 0 spiro atoms. The number of benzene rings is 1. The van der Waals surface area contributed by atoms with Gasteiger partial charge in [0, 0.05) is 11.6 Å². The van der Waals surface area contributed by atoms with Crippen molar-refractivity contribution in [3.8, 4) is 0 Å². The lowest BCUT2D eigenvalue weighted by atomic mass is 10.3. The van der Waals surface area contributed by atoms with Crippen LogP contribution in [0.3, 0.4) is 0 Å². The van der Waals surface area contributed by atoms with Crippen molar-refractivity contribution in [2.24, 2.45) is 4.99 Å². The van der Waals surface area contributed by atoms with Gasteiger partial charge in [0.1, 0.15) is 0 Å². The summed E-state index contributed by atoms with van der Waals surface area (Å²) in [7, 11) is 1.62. The van der Waals surface area contributed by atoms with Gasteiger partial charge in [-0.2, -0.15) is 0 Å². The van der Waals surface area contributed by atoms with E-state index in [1.807, 2.05) is 24.3 Å². The van der Waals surface area contributed by atoms with Crippen molar-refractivity contribution in [2.45, 2.75) is 0 Å². The fraction of sp³-hybridized carbons (Fsp3) is 0.333. The largest absolute Gasteiger partial charge is 0.383 e. The summed E-state index contributed by atoms with van der Waals surface area (Å²) in [6, 6.07) is 7.69. The number of ether oxygens (including phenoxy) is 1. The van der Waals surface area contributed by atoms with Gasteiger partial charge in [-0.1, -0.05) is 27.7 Å². The van der Waals surface area contributed by atoms with Crippen LogP contribution in [0.25, 0.3) is 0 Å². The zero-order valence-corrected chi connectivity index (χ0v) is 12.3. The SMILES string of the molecule is COCCN1C(=O)CSC1=Nc1ccc(Br)cc1. The number of hydrogen-bond acceptors (Lipinski definition) is 4. The van der Waals surface area contributed by atoms with Crippen LogP contribution < -0.4 is 0 Å². The van der Waals surface area contributed by atoms with Crippen molar-refractivity contribution < 1.29 is 9.53 Å². The first kappa shape index (κ1) is 13.6. The first-order valence-electron chi connectivity index (χ1n) is 5.47. The van der Waals surface area contributed by atoms with Crippen molar-refractivity contribution in [1.82, 2.24) is 4.90 Å². The van der Waals surface area contributed by atoms with E-state index in [0.29, 0.717) is 18.9 Å². The van der Waals surface area contributed by atoms with Crippen molar-refractivity contribution >= 4 is 44.5 Å². The third-order valence-electron chi connectivity index (χ3n) is 2.43. The van der Waals surface area contributed by atoms with E-state index >= 15 is 0 Å². The second kappa shape index (κ2) is 6.36. The number of nitrogens with zero attached hydrogens (tertiary/aromatic N) is 2. The number of aliphatic imine (C=N–C) groups is 1. The molecule has 1 fully saturated rings. The molecule has 2 rings (SSSR count). The maximum atomic E-state index is 11.7. The smallest absolute Gasteiger partial charge is 0.239 e. The Hall–Kier alpha value is -0.850. The molecule has 1 heterocycles. The van der Waals surface area contributed by atoms with Crippen molar-refractivity contribution in [3.63, 3.8) is 0 Å². The topological polar surface area (TPSA) is 41.9 Å². The number of amides is 1. The molecule has 1 aliphatic rings. The quantitative estimate of drug-likeness (QED) is 0.853. The minimum atomic E-state index is 0.0907. The van der Waals surface area contributed by atoms with E-state index in [1.54, 1.807) is 12.0 Å². The molecule has 0 saturated carbocycles. The third kappa shape index (κ3) is 3.34. The number of halogens is 1. The summed E-state index contributed by atoms with van der Waals surface area (Å²) in [5, 5.41) is 0.749. The molecule has 1 saturated heterocycles. The van der Waals surface area contributed by atoms with E-state index < -0.39 is 0 Å². The first-order valence-corrected chi connectivity index (χ1v) is 7.25. The minimum absolute atomic E-state index is 0.0907. The molecule has 4 nitrogen and oxygen atoms in total. The molecule has 18 heavy (non-hydrogen) atoms. The number of carbonyl (C=O) groups excluding carboxylic acids is 1. The van der Waals surface area contributed by atoms with Gasteiger partial charge in [-0.3, -0.25) is 9.69 Å². The summed E-state index contributed by atoms with van der Waals surface area (Å²) in [5.74, 6) is 0.548. The molecule has 1 aromatic rings. The van der Waals surface area contributed by atoms with Crippen LogP contribution in [0.15, 0.2) is 33.7 Å². The summed E-state index contributed by atoms with van der Waals surface area (Å²) in [5.41, 5.74) is 0.845. The Kier molecular flexibility index (Phi) is 4.79. The summed E-state index contributed by atoms with van der Waals surface area (Å²) >= 11 is 4.85. The zero-order valence-electron chi connectivity index (χ0n) is 9.93. The summed E-state index contributed by atoms with van der Waals surface area (Å²) in [6.07, 6.45) is 0. The maximum absolute atomic E-state index is 11.7. The van der Waals surface area contributed by atoms with Crippen LogP contribution in [0.5, 0.6) is 0 Å². The number of carbonyl (C=O) groups is 1. The lowest BCUT2D eigenvalue weighted by molar-refractivity contribution is -0.124. The Balaban J connectivity index is 2.15. The Bertz CT molecular complexity index is 462. The highest BCUT2D eigenvalue weighted by Gasteiger charge is 2.27. The highest BCUT2D eigenvalue weighted by Crippen LogP contribution is 2.24. The van der Waals surface area contributed by atoms with Crippen LogP contribution in [0.2, 0.25) is 0 Å². The van der Waals surface area contributed by atoms with E-state index in [-0.39, 0.29) is 5.91 Å². The average Bonchev–Trinajstić information content (AvgIpc) is 2.71. The van der Waals surface area contributed by atoms with E-state index in [9.17, 15) is 4.79 Å². The van der Waals surface area contributed by atoms with Gasteiger partial charge in [-0.05, 0) is 24.3 Å². The van der Waals surface area contributed by atoms with Crippen LogP contribution >= 0.6 is 27.7 Å². The van der Waals surface area contributed by atoms with Gasteiger partial charge in [-0.15, -0.1) is 0 Å². The molecule has 0 unspecified atom stereocenters. The Labute approximate surface area is 119 Å². The number of amidine groups is 1. The summed E-state index contributed by atoms with van der Waals surface area (Å²) < 4.78 is 6.01. The predicted molar refractivity (Wildman–Crippen MR) is 77.3 cm³/mol. The number of methoxy groups -OCH3 is 1. The Morgan fingerprint density at radius 2 is 2.17 bits per heavy atom. The number of thioether (sulfide) groups is 1. The van der Waals surface area contributed by atoms with Crippen molar-refractivity contribution in [3.05, 3.63) is 28.7 Å². The third-order valence-corrected chi connectivity index (χ3v) is 3.92. The molecule has 96 valence electrons. The van der Waals surface area contributed by atoms with E-state index in [4.69, 9.17) is 4.74 Å². The van der Waals surface area contributed by atoms with Gasteiger partial charge in [0.25, 0.3) is 0 Å². The van der Waals surface area contributed by atoms with Crippen LogP contribution in [0.1, 0.15) is 0 Å². The molecule has 1 aliphatic heterocycles. The monoisotopic (exact) mass is 328 g/mol. The van der Waals surface area contributed by atoms with Crippen LogP contribution in [-0.4, -0.2) is 42.0 Å². The lowest BCUT2D eigenvalue weighted by Crippen LogP contribution is -2.32. The van der Waals surface area contributed by atoms with Gasteiger partial charge in [0.2, 0.25) is 5.91 Å².